The molecule has 2 fully saturated rings. The van der Waals surface area contributed by atoms with Gasteiger partial charge in [0, 0.05) is 31.0 Å². The highest BCUT2D eigenvalue weighted by atomic mass is 32.2. The van der Waals surface area contributed by atoms with Gasteiger partial charge in [-0.1, -0.05) is 0 Å². The minimum absolute atomic E-state index is 0.125. The lowest BCUT2D eigenvalue weighted by Gasteiger charge is -2.19. The first-order valence-electron chi connectivity index (χ1n) is 8.05. The van der Waals surface area contributed by atoms with Gasteiger partial charge in [-0.3, -0.25) is 9.59 Å². The second-order valence-corrected chi connectivity index (χ2v) is 7.18. The predicted molar refractivity (Wildman–Crippen MR) is 92.4 cm³/mol. The van der Waals surface area contributed by atoms with Gasteiger partial charge in [-0.2, -0.15) is 5.26 Å². The second-order valence-electron chi connectivity index (χ2n) is 6.10. The smallest absolute Gasteiger partial charge is 0.251 e. The van der Waals surface area contributed by atoms with E-state index in [4.69, 9.17) is 5.26 Å². The number of amides is 2. The molecule has 0 radical (unpaired) electrons. The summed E-state index contributed by atoms with van der Waals surface area (Å²) in [5, 5.41) is 15.0. The highest BCUT2D eigenvalue weighted by Crippen LogP contribution is 2.20. The molecule has 0 unspecified atom stereocenters. The third kappa shape index (κ3) is 3.89. The Morgan fingerprint density at radius 1 is 1.38 bits per heavy atom. The van der Waals surface area contributed by atoms with Crippen LogP contribution >= 0.6 is 11.8 Å². The maximum atomic E-state index is 12.3. The van der Waals surface area contributed by atoms with Gasteiger partial charge in [0.2, 0.25) is 5.91 Å². The van der Waals surface area contributed by atoms with Gasteiger partial charge in [0.25, 0.3) is 5.91 Å². The van der Waals surface area contributed by atoms with E-state index in [9.17, 15) is 9.59 Å². The maximum Gasteiger partial charge on any atom is 0.251 e. The van der Waals surface area contributed by atoms with E-state index < -0.39 is 0 Å². The Morgan fingerprint density at radius 3 is 2.83 bits per heavy atom. The van der Waals surface area contributed by atoms with Gasteiger partial charge in [-0.15, -0.1) is 11.8 Å². The zero-order valence-corrected chi connectivity index (χ0v) is 14.1. The topological polar surface area (TPSA) is 85.2 Å². The van der Waals surface area contributed by atoms with Crippen LogP contribution in [0, 0.1) is 17.2 Å². The highest BCUT2D eigenvalue weighted by Gasteiger charge is 2.33. The maximum absolute atomic E-state index is 12.3. The van der Waals surface area contributed by atoms with Crippen molar-refractivity contribution in [2.45, 2.75) is 12.5 Å². The molecular formula is C17H20N4O2S. The van der Waals surface area contributed by atoms with E-state index in [0.717, 1.165) is 31.1 Å². The van der Waals surface area contributed by atoms with E-state index in [-0.39, 0.29) is 23.8 Å². The summed E-state index contributed by atoms with van der Waals surface area (Å²) in [4.78, 5) is 26.4. The molecule has 0 bridgehead atoms. The molecule has 2 N–H and O–H groups in total. The molecule has 2 saturated heterocycles. The average molecular weight is 344 g/mol. The molecule has 0 aliphatic carbocycles. The van der Waals surface area contributed by atoms with Crippen molar-refractivity contribution < 1.29 is 9.59 Å². The van der Waals surface area contributed by atoms with Crippen molar-refractivity contribution in [1.82, 2.24) is 15.5 Å². The number of nitriles is 1. The van der Waals surface area contributed by atoms with Crippen molar-refractivity contribution in [3.63, 3.8) is 0 Å². The first kappa shape index (κ1) is 16.8. The van der Waals surface area contributed by atoms with E-state index in [1.54, 1.807) is 36.0 Å². The number of hydrogen-bond acceptors (Lipinski definition) is 5. The molecule has 1 aromatic rings. The minimum Gasteiger partial charge on any atom is -0.352 e. The van der Waals surface area contributed by atoms with Crippen LogP contribution in [0.1, 0.15) is 22.3 Å². The molecule has 126 valence electrons. The fourth-order valence-electron chi connectivity index (χ4n) is 3.00. The number of thioether (sulfide) groups is 1. The Labute approximate surface area is 145 Å². The number of benzene rings is 1. The van der Waals surface area contributed by atoms with Crippen molar-refractivity contribution in [2.24, 2.45) is 5.92 Å². The van der Waals surface area contributed by atoms with Crippen LogP contribution in [0.2, 0.25) is 0 Å². The monoisotopic (exact) mass is 344 g/mol. The highest BCUT2D eigenvalue weighted by molar-refractivity contribution is 7.99. The van der Waals surface area contributed by atoms with Gasteiger partial charge in [-0.25, -0.2) is 0 Å². The van der Waals surface area contributed by atoms with Crippen molar-refractivity contribution in [3.8, 4) is 6.07 Å². The van der Waals surface area contributed by atoms with Crippen LogP contribution in [0.5, 0.6) is 0 Å². The van der Waals surface area contributed by atoms with Crippen LogP contribution in [-0.4, -0.2) is 54.0 Å². The molecule has 0 aromatic heterocycles. The van der Waals surface area contributed by atoms with Gasteiger partial charge in [0.1, 0.15) is 0 Å². The molecule has 2 atom stereocenters. The summed E-state index contributed by atoms with van der Waals surface area (Å²) in [7, 11) is 0. The third-order valence-corrected chi connectivity index (χ3v) is 5.38. The van der Waals surface area contributed by atoms with E-state index >= 15 is 0 Å². The number of rotatable bonds is 4. The lowest BCUT2D eigenvalue weighted by Crippen LogP contribution is -2.42. The van der Waals surface area contributed by atoms with Gasteiger partial charge < -0.3 is 15.5 Å². The van der Waals surface area contributed by atoms with Gasteiger partial charge >= 0.3 is 0 Å². The molecule has 3 rings (SSSR count). The molecule has 2 aliphatic heterocycles. The molecule has 1 aromatic carbocycles. The Hall–Kier alpha value is -2.04. The van der Waals surface area contributed by atoms with Gasteiger partial charge in [-0.05, 0) is 36.6 Å². The van der Waals surface area contributed by atoms with Crippen LogP contribution in [0.25, 0.3) is 0 Å². The van der Waals surface area contributed by atoms with E-state index in [1.165, 1.54) is 0 Å². The van der Waals surface area contributed by atoms with E-state index in [2.05, 4.69) is 10.6 Å². The zero-order valence-electron chi connectivity index (χ0n) is 13.3. The van der Waals surface area contributed by atoms with Crippen molar-refractivity contribution in [1.29, 1.82) is 5.26 Å². The summed E-state index contributed by atoms with van der Waals surface area (Å²) in [6, 6.07) is 8.48. The summed E-state index contributed by atoms with van der Waals surface area (Å²) in [5.41, 5.74) is 1.08. The fourth-order valence-corrected chi connectivity index (χ4v) is 3.95. The number of carbonyl (C=O) groups excluding carboxylic acids is 2. The number of nitrogens with zero attached hydrogens (tertiary/aromatic N) is 2. The lowest BCUT2D eigenvalue weighted by atomic mass is 10.0. The Kier molecular flexibility index (Phi) is 5.38. The molecule has 2 amide bonds. The van der Waals surface area contributed by atoms with E-state index in [1.807, 2.05) is 11.0 Å². The van der Waals surface area contributed by atoms with Crippen LogP contribution in [0.4, 0.5) is 0 Å². The molecule has 2 aliphatic rings. The Bertz CT molecular complexity index is 650. The number of nitrogens with one attached hydrogen (secondary N) is 2. The van der Waals surface area contributed by atoms with Gasteiger partial charge in [0.15, 0.2) is 0 Å². The van der Waals surface area contributed by atoms with Crippen LogP contribution in [0.3, 0.4) is 0 Å². The first-order valence-corrected chi connectivity index (χ1v) is 9.21. The van der Waals surface area contributed by atoms with E-state index in [0.29, 0.717) is 17.7 Å². The minimum atomic E-state index is -0.148. The third-order valence-electron chi connectivity index (χ3n) is 4.41. The fraction of sp³-hybridized carbons (Fsp3) is 0.471. The first-order chi connectivity index (χ1) is 11.7. The summed E-state index contributed by atoms with van der Waals surface area (Å²) < 4.78 is 0. The quantitative estimate of drug-likeness (QED) is 0.844. The zero-order chi connectivity index (χ0) is 16.9. The van der Waals surface area contributed by atoms with Crippen LogP contribution < -0.4 is 10.6 Å². The summed E-state index contributed by atoms with van der Waals surface area (Å²) in [6.07, 6.45) is 0.758. The van der Waals surface area contributed by atoms with Crippen molar-refractivity contribution in [2.75, 3.05) is 31.3 Å². The normalized spacial score (nSPS) is 23.0. The molecule has 0 spiro atoms. The lowest BCUT2D eigenvalue weighted by molar-refractivity contribution is -0.131. The number of carbonyl (C=O) groups is 2. The van der Waals surface area contributed by atoms with Crippen molar-refractivity contribution in [3.05, 3.63) is 35.4 Å². The van der Waals surface area contributed by atoms with Crippen LogP contribution in [0.15, 0.2) is 24.3 Å². The molecular weight excluding hydrogens is 324 g/mol. The SMILES string of the molecule is N#Cc1ccc(C(=O)NC[C@@H]2CN[C@H](C(=O)N3CCSC3)C2)cc1. The standard InChI is InChI=1S/C17H20N4O2S/c18-8-12-1-3-14(4-2-12)16(22)20-10-13-7-15(19-9-13)17(23)21-5-6-24-11-21/h1-4,13,15,19H,5-7,9-11H2,(H,20,22)/t13-,15-/m0/s1. The molecule has 7 heteroatoms. The molecule has 6 nitrogen and oxygen atoms in total. The molecule has 24 heavy (non-hydrogen) atoms. The Balaban J connectivity index is 1.46. The van der Waals surface area contributed by atoms with Crippen LogP contribution in [-0.2, 0) is 4.79 Å². The molecule has 2 heterocycles. The van der Waals surface area contributed by atoms with Gasteiger partial charge in [0.05, 0.1) is 23.6 Å². The van der Waals surface area contributed by atoms with Crippen molar-refractivity contribution >= 4 is 23.6 Å². The number of hydrogen-bond donors (Lipinski definition) is 2. The second kappa shape index (κ2) is 7.69. The largest absolute Gasteiger partial charge is 0.352 e. The molecule has 0 saturated carbocycles. The average Bonchev–Trinajstić information content (AvgIpc) is 3.31. The predicted octanol–water partition coefficient (Wildman–Crippen LogP) is 0.799. The summed E-state index contributed by atoms with van der Waals surface area (Å²) in [6.45, 7) is 2.12. The Morgan fingerprint density at radius 2 is 2.17 bits per heavy atom. The summed E-state index contributed by atoms with van der Waals surface area (Å²) >= 11 is 1.78. The summed E-state index contributed by atoms with van der Waals surface area (Å²) in [5.74, 6) is 2.10.